The predicted molar refractivity (Wildman–Crippen MR) is 151 cm³/mol. The number of esters is 1. The van der Waals surface area contributed by atoms with Crippen LogP contribution in [0.2, 0.25) is 0 Å². The van der Waals surface area contributed by atoms with E-state index in [9.17, 15) is 14.7 Å². The SMILES string of the molecule is CCCCCCCCCCC(CCCCCCCCCCC(C)C)OC(=O)C1CCCC(C(=O)O)C1. The molecule has 0 amide bonds. The number of aliphatic carboxylic acids is 1. The zero-order chi connectivity index (χ0) is 26.4. The summed E-state index contributed by atoms with van der Waals surface area (Å²) in [4.78, 5) is 24.3. The molecule has 0 saturated heterocycles. The number of hydrogen-bond acceptors (Lipinski definition) is 3. The zero-order valence-electron chi connectivity index (χ0n) is 24.2. The molecule has 3 atom stereocenters. The van der Waals surface area contributed by atoms with Crippen molar-refractivity contribution in [1.82, 2.24) is 0 Å². The molecular weight excluding hydrogens is 448 g/mol. The lowest BCUT2D eigenvalue weighted by molar-refractivity contribution is -0.158. The maximum absolute atomic E-state index is 12.9. The van der Waals surface area contributed by atoms with Gasteiger partial charge in [-0.2, -0.15) is 0 Å². The van der Waals surface area contributed by atoms with Gasteiger partial charge in [0, 0.05) is 0 Å². The van der Waals surface area contributed by atoms with Crippen molar-refractivity contribution in [3.63, 3.8) is 0 Å². The Morgan fingerprint density at radius 1 is 0.694 bits per heavy atom. The maximum atomic E-state index is 12.9. The minimum atomic E-state index is -0.761. The highest BCUT2D eigenvalue weighted by atomic mass is 16.5. The fourth-order valence-corrected chi connectivity index (χ4v) is 5.64. The first kappa shape index (κ1) is 33.0. The van der Waals surface area contributed by atoms with Crippen LogP contribution >= 0.6 is 0 Å². The summed E-state index contributed by atoms with van der Waals surface area (Å²) in [5.74, 6) is -0.672. The summed E-state index contributed by atoms with van der Waals surface area (Å²) in [5.41, 5.74) is 0. The third kappa shape index (κ3) is 17.4. The molecule has 36 heavy (non-hydrogen) atoms. The van der Waals surface area contributed by atoms with E-state index in [0.29, 0.717) is 12.8 Å². The molecule has 4 nitrogen and oxygen atoms in total. The van der Waals surface area contributed by atoms with Crippen LogP contribution in [0.15, 0.2) is 0 Å². The summed E-state index contributed by atoms with van der Waals surface area (Å²) in [6.07, 6.45) is 26.8. The van der Waals surface area contributed by atoms with Crippen LogP contribution in [0.25, 0.3) is 0 Å². The summed E-state index contributed by atoms with van der Waals surface area (Å²) in [6.45, 7) is 6.87. The van der Waals surface area contributed by atoms with Crippen LogP contribution in [0.3, 0.4) is 0 Å². The second kappa shape index (κ2) is 22.0. The number of ether oxygens (including phenoxy) is 1. The summed E-state index contributed by atoms with van der Waals surface area (Å²) < 4.78 is 6.04. The molecule has 4 heteroatoms. The van der Waals surface area contributed by atoms with Gasteiger partial charge in [-0.15, -0.1) is 0 Å². The third-order valence-electron chi connectivity index (χ3n) is 8.08. The average molecular weight is 509 g/mol. The fourth-order valence-electron chi connectivity index (χ4n) is 5.64. The molecular formula is C32H60O4. The number of carboxylic acids is 1. The molecule has 0 aromatic heterocycles. The van der Waals surface area contributed by atoms with Crippen molar-refractivity contribution < 1.29 is 19.4 Å². The van der Waals surface area contributed by atoms with Crippen molar-refractivity contribution >= 4 is 11.9 Å². The topological polar surface area (TPSA) is 63.6 Å². The molecule has 1 aliphatic carbocycles. The molecule has 0 radical (unpaired) electrons. The van der Waals surface area contributed by atoms with Gasteiger partial charge in [-0.1, -0.05) is 124 Å². The van der Waals surface area contributed by atoms with E-state index < -0.39 is 5.97 Å². The number of unbranched alkanes of at least 4 members (excludes halogenated alkanes) is 14. The van der Waals surface area contributed by atoms with Crippen molar-refractivity contribution in [1.29, 1.82) is 0 Å². The second-order valence-electron chi connectivity index (χ2n) is 12.0. The molecule has 0 bridgehead atoms. The lowest BCUT2D eigenvalue weighted by atomic mass is 9.81. The molecule has 1 aliphatic rings. The Hall–Kier alpha value is -1.06. The van der Waals surface area contributed by atoms with Gasteiger partial charge in [0.25, 0.3) is 0 Å². The first-order valence-electron chi connectivity index (χ1n) is 15.9. The zero-order valence-corrected chi connectivity index (χ0v) is 24.2. The van der Waals surface area contributed by atoms with Gasteiger partial charge in [-0.05, 0) is 50.9 Å². The molecule has 0 aromatic carbocycles. The number of hydrogen-bond donors (Lipinski definition) is 1. The standard InChI is InChI=1S/C32H60O4/c1-4-5-6-7-8-12-15-18-24-30(25-19-16-13-10-9-11-14-17-21-27(2)3)36-32(35)29-23-20-22-28(26-29)31(33)34/h27-30H,4-26H2,1-3H3,(H,33,34). The van der Waals surface area contributed by atoms with Gasteiger partial charge in [-0.25, -0.2) is 0 Å². The van der Waals surface area contributed by atoms with Gasteiger partial charge in [0.2, 0.25) is 0 Å². The van der Waals surface area contributed by atoms with Crippen LogP contribution in [0.1, 0.15) is 168 Å². The van der Waals surface area contributed by atoms with E-state index in [0.717, 1.165) is 44.4 Å². The summed E-state index contributed by atoms with van der Waals surface area (Å²) in [5, 5.41) is 9.37. The third-order valence-corrected chi connectivity index (χ3v) is 8.08. The Kier molecular flexibility index (Phi) is 20.1. The summed E-state index contributed by atoms with van der Waals surface area (Å²) in [7, 11) is 0. The van der Waals surface area contributed by atoms with Crippen LogP contribution in [-0.2, 0) is 14.3 Å². The van der Waals surface area contributed by atoms with Gasteiger partial charge < -0.3 is 9.84 Å². The highest BCUT2D eigenvalue weighted by Crippen LogP contribution is 2.31. The summed E-state index contributed by atoms with van der Waals surface area (Å²) >= 11 is 0. The largest absolute Gasteiger partial charge is 0.481 e. The number of carbonyl (C=O) groups excluding carboxylic acids is 1. The first-order chi connectivity index (χ1) is 17.4. The van der Waals surface area contributed by atoms with Gasteiger partial charge in [0.15, 0.2) is 0 Å². The van der Waals surface area contributed by atoms with Gasteiger partial charge in [0.1, 0.15) is 6.10 Å². The monoisotopic (exact) mass is 508 g/mol. The van der Waals surface area contributed by atoms with Crippen LogP contribution in [0.5, 0.6) is 0 Å². The van der Waals surface area contributed by atoms with Gasteiger partial charge in [-0.3, -0.25) is 9.59 Å². The van der Waals surface area contributed by atoms with E-state index in [1.165, 1.54) is 96.3 Å². The number of rotatable bonds is 23. The van der Waals surface area contributed by atoms with E-state index in [1.54, 1.807) is 0 Å². The maximum Gasteiger partial charge on any atom is 0.309 e. The van der Waals surface area contributed by atoms with Gasteiger partial charge >= 0.3 is 11.9 Å². The molecule has 3 unspecified atom stereocenters. The Morgan fingerprint density at radius 3 is 1.61 bits per heavy atom. The molecule has 0 spiro atoms. The number of carbonyl (C=O) groups is 2. The Bertz CT molecular complexity index is 544. The van der Waals surface area contributed by atoms with E-state index >= 15 is 0 Å². The fraction of sp³-hybridized carbons (Fsp3) is 0.938. The van der Waals surface area contributed by atoms with Crippen LogP contribution in [0, 0.1) is 17.8 Å². The first-order valence-corrected chi connectivity index (χ1v) is 15.9. The molecule has 212 valence electrons. The van der Waals surface area contributed by atoms with Crippen molar-refractivity contribution in [2.24, 2.45) is 17.8 Å². The second-order valence-corrected chi connectivity index (χ2v) is 12.0. The highest BCUT2D eigenvalue weighted by molar-refractivity contribution is 5.75. The van der Waals surface area contributed by atoms with E-state index in [1.807, 2.05) is 0 Å². The van der Waals surface area contributed by atoms with Gasteiger partial charge in [0.05, 0.1) is 11.8 Å². The van der Waals surface area contributed by atoms with Crippen molar-refractivity contribution in [3.05, 3.63) is 0 Å². The Morgan fingerprint density at radius 2 is 1.14 bits per heavy atom. The van der Waals surface area contributed by atoms with Crippen LogP contribution in [0.4, 0.5) is 0 Å². The van der Waals surface area contributed by atoms with Crippen molar-refractivity contribution in [3.8, 4) is 0 Å². The van der Waals surface area contributed by atoms with Crippen molar-refractivity contribution in [2.75, 3.05) is 0 Å². The predicted octanol–water partition coefficient (Wildman–Crippen LogP) is 9.88. The minimum Gasteiger partial charge on any atom is -0.481 e. The van der Waals surface area contributed by atoms with E-state index in [2.05, 4.69) is 20.8 Å². The van der Waals surface area contributed by atoms with E-state index in [-0.39, 0.29) is 23.9 Å². The lowest BCUT2D eigenvalue weighted by Crippen LogP contribution is -2.31. The molecule has 0 aromatic rings. The van der Waals surface area contributed by atoms with Crippen LogP contribution in [-0.4, -0.2) is 23.1 Å². The smallest absolute Gasteiger partial charge is 0.309 e. The Labute approximate surface area is 223 Å². The van der Waals surface area contributed by atoms with Crippen molar-refractivity contribution in [2.45, 2.75) is 175 Å². The molecule has 0 aliphatic heterocycles. The molecule has 1 rings (SSSR count). The average Bonchev–Trinajstić information content (AvgIpc) is 2.86. The molecule has 1 N–H and O–H groups in total. The minimum absolute atomic E-state index is 0.0128. The lowest BCUT2D eigenvalue weighted by Gasteiger charge is -2.27. The summed E-state index contributed by atoms with van der Waals surface area (Å²) in [6, 6.07) is 0. The number of carboxylic acid groups (broad SMARTS) is 1. The van der Waals surface area contributed by atoms with Crippen LogP contribution < -0.4 is 0 Å². The Balaban J connectivity index is 2.32. The quantitative estimate of drug-likeness (QED) is 0.110. The van der Waals surface area contributed by atoms with E-state index in [4.69, 9.17) is 4.74 Å². The normalized spacial score (nSPS) is 18.9. The molecule has 0 heterocycles. The highest BCUT2D eigenvalue weighted by Gasteiger charge is 2.32. The molecule has 1 fully saturated rings. The molecule has 1 saturated carbocycles.